The molecule has 7 heteroatoms. The predicted octanol–water partition coefficient (Wildman–Crippen LogP) is 5.10. The lowest BCUT2D eigenvalue weighted by Gasteiger charge is -2.57. The monoisotopic (exact) mass is 454 g/mol. The van der Waals surface area contributed by atoms with Crippen LogP contribution in [0.1, 0.15) is 60.1 Å². The molecule has 168 valence electrons. The van der Waals surface area contributed by atoms with Crippen LogP contribution >= 0.6 is 11.6 Å². The molecule has 1 aliphatic heterocycles. The number of carbonyl (C=O) groups excluding carboxylic acids is 1. The molecule has 4 fully saturated rings. The summed E-state index contributed by atoms with van der Waals surface area (Å²) in [5.41, 5.74) is 2.59. The van der Waals surface area contributed by atoms with Crippen molar-refractivity contribution in [3.05, 3.63) is 52.2 Å². The van der Waals surface area contributed by atoms with Crippen LogP contribution in [0, 0.1) is 29.0 Å². The first-order valence-electron chi connectivity index (χ1n) is 11.8. The van der Waals surface area contributed by atoms with Gasteiger partial charge in [0, 0.05) is 18.7 Å². The molecule has 5 aliphatic rings. The number of halogens is 2. The number of hydrogen-bond acceptors (Lipinski definition) is 4. The average Bonchev–Trinajstić information content (AvgIpc) is 2.77. The summed E-state index contributed by atoms with van der Waals surface area (Å²) in [7, 11) is 0. The third-order valence-corrected chi connectivity index (χ3v) is 8.58. The molecule has 1 aromatic carbocycles. The Hall–Kier alpha value is -2.21. The maximum Gasteiger partial charge on any atom is 0.255 e. The molecule has 0 radical (unpaired) electrons. The molecule has 1 amide bonds. The molecule has 5 nitrogen and oxygen atoms in total. The van der Waals surface area contributed by atoms with Crippen LogP contribution in [0.15, 0.2) is 24.5 Å². The first-order valence-corrected chi connectivity index (χ1v) is 12.2. The topological polar surface area (TPSA) is 58.1 Å². The molecule has 0 spiro atoms. The number of anilines is 1. The largest absolute Gasteiger partial charge is 0.369 e. The van der Waals surface area contributed by atoms with Crippen LogP contribution in [0.2, 0.25) is 5.02 Å². The highest BCUT2D eigenvalue weighted by molar-refractivity contribution is 6.33. The Morgan fingerprint density at radius 1 is 1.16 bits per heavy atom. The Bertz CT molecular complexity index is 1040. The molecule has 0 unspecified atom stereocenters. The number of fused-ring (bicyclic) bond motifs is 1. The Balaban J connectivity index is 1.18. The van der Waals surface area contributed by atoms with Crippen molar-refractivity contribution in [2.24, 2.45) is 23.2 Å². The highest BCUT2D eigenvalue weighted by atomic mass is 35.5. The molecule has 1 N–H and O–H groups in total. The van der Waals surface area contributed by atoms with E-state index in [-0.39, 0.29) is 16.5 Å². The molecule has 1 aromatic heterocycles. The van der Waals surface area contributed by atoms with Crippen molar-refractivity contribution in [1.29, 1.82) is 0 Å². The number of nitrogens with one attached hydrogen (secondary N) is 1. The van der Waals surface area contributed by atoms with Gasteiger partial charge in [-0.15, -0.1) is 0 Å². The molecule has 2 heterocycles. The van der Waals surface area contributed by atoms with Crippen molar-refractivity contribution in [3.63, 3.8) is 0 Å². The lowest BCUT2D eigenvalue weighted by atomic mass is 9.49. The molecule has 7 rings (SSSR count). The van der Waals surface area contributed by atoms with Crippen LogP contribution in [-0.4, -0.2) is 33.9 Å². The zero-order valence-corrected chi connectivity index (χ0v) is 18.9. The second kappa shape index (κ2) is 7.68. The SMILES string of the molecule is O=C(c1cc(F)ccc1Cl)N1CCc2c(ncnc2NCC23CC4CC(CC(C4)C2)C3)C1. The highest BCUT2D eigenvalue weighted by Gasteiger charge is 2.50. The van der Waals surface area contributed by atoms with Crippen LogP contribution in [0.5, 0.6) is 0 Å². The van der Waals surface area contributed by atoms with Crippen molar-refractivity contribution in [2.75, 3.05) is 18.4 Å². The summed E-state index contributed by atoms with van der Waals surface area (Å²) in [5.74, 6) is 2.97. The summed E-state index contributed by atoms with van der Waals surface area (Å²) < 4.78 is 13.7. The second-order valence-electron chi connectivity index (χ2n) is 10.5. The van der Waals surface area contributed by atoms with Gasteiger partial charge in [-0.3, -0.25) is 4.79 Å². The maximum atomic E-state index is 13.7. The van der Waals surface area contributed by atoms with E-state index in [0.717, 1.165) is 41.4 Å². The fourth-order valence-electron chi connectivity index (χ4n) is 7.29. The molecule has 32 heavy (non-hydrogen) atoms. The summed E-state index contributed by atoms with van der Waals surface area (Å²) in [5, 5.41) is 3.96. The fraction of sp³-hybridized carbons (Fsp3) is 0.560. The fourth-order valence-corrected chi connectivity index (χ4v) is 7.49. The van der Waals surface area contributed by atoms with Gasteiger partial charge in [0.2, 0.25) is 0 Å². The number of carbonyl (C=O) groups is 1. The van der Waals surface area contributed by atoms with Crippen molar-refractivity contribution >= 4 is 23.3 Å². The summed E-state index contributed by atoms with van der Waals surface area (Å²) in [6.07, 6.45) is 10.7. The first-order chi connectivity index (χ1) is 15.5. The van der Waals surface area contributed by atoms with Crippen LogP contribution in [0.3, 0.4) is 0 Å². The Labute approximate surface area is 192 Å². The average molecular weight is 455 g/mol. The Morgan fingerprint density at radius 3 is 2.59 bits per heavy atom. The van der Waals surface area contributed by atoms with Crippen molar-refractivity contribution in [1.82, 2.24) is 14.9 Å². The normalized spacial score (nSPS) is 30.3. The van der Waals surface area contributed by atoms with Gasteiger partial charge in [0.1, 0.15) is 18.0 Å². The minimum Gasteiger partial charge on any atom is -0.369 e. The van der Waals surface area contributed by atoms with Crippen LogP contribution in [0.4, 0.5) is 10.2 Å². The van der Waals surface area contributed by atoms with Gasteiger partial charge in [0.25, 0.3) is 5.91 Å². The molecular formula is C25H28ClFN4O. The van der Waals surface area contributed by atoms with Crippen LogP contribution in [-0.2, 0) is 13.0 Å². The summed E-state index contributed by atoms with van der Waals surface area (Å²) in [6, 6.07) is 3.90. The van der Waals surface area contributed by atoms with E-state index in [0.29, 0.717) is 24.9 Å². The van der Waals surface area contributed by atoms with Gasteiger partial charge in [-0.25, -0.2) is 14.4 Å². The zero-order valence-electron chi connectivity index (χ0n) is 18.1. The molecular weight excluding hydrogens is 427 g/mol. The summed E-state index contributed by atoms with van der Waals surface area (Å²) in [4.78, 5) is 23.7. The first kappa shape index (κ1) is 20.4. The Morgan fingerprint density at radius 2 is 1.88 bits per heavy atom. The number of benzene rings is 1. The number of amides is 1. The van der Waals surface area contributed by atoms with E-state index in [4.69, 9.17) is 11.6 Å². The number of rotatable bonds is 4. The van der Waals surface area contributed by atoms with Gasteiger partial charge in [-0.1, -0.05) is 11.6 Å². The van der Waals surface area contributed by atoms with Gasteiger partial charge in [-0.2, -0.15) is 0 Å². The summed E-state index contributed by atoms with van der Waals surface area (Å²) in [6.45, 7) is 1.91. The number of nitrogens with zero attached hydrogens (tertiary/aromatic N) is 3. The standard InChI is InChI=1S/C25H28ClFN4O/c26-21-2-1-18(27)8-20(21)24(32)31-4-3-19-22(12-31)29-14-30-23(19)28-13-25-9-15-5-16(10-25)7-17(6-15)11-25/h1-2,8,14-17H,3-7,9-13H2,(H,28,29,30). The zero-order chi connectivity index (χ0) is 21.9. The number of aromatic nitrogens is 2. The van der Waals surface area contributed by atoms with Gasteiger partial charge < -0.3 is 10.2 Å². The molecule has 0 atom stereocenters. The van der Waals surface area contributed by atoms with Crippen molar-refractivity contribution in [2.45, 2.75) is 51.5 Å². The maximum absolute atomic E-state index is 13.7. The van der Waals surface area contributed by atoms with Gasteiger partial charge in [-0.05, 0) is 86.3 Å². The highest BCUT2D eigenvalue weighted by Crippen LogP contribution is 2.59. The smallest absolute Gasteiger partial charge is 0.255 e. The molecule has 2 aromatic rings. The second-order valence-corrected chi connectivity index (χ2v) is 10.9. The van der Waals surface area contributed by atoms with E-state index in [1.54, 1.807) is 11.2 Å². The third kappa shape index (κ3) is 3.57. The minimum absolute atomic E-state index is 0.198. The van der Waals surface area contributed by atoms with Crippen LogP contribution < -0.4 is 5.32 Å². The van der Waals surface area contributed by atoms with E-state index < -0.39 is 5.82 Å². The van der Waals surface area contributed by atoms with E-state index in [9.17, 15) is 9.18 Å². The third-order valence-electron chi connectivity index (χ3n) is 8.25. The quantitative estimate of drug-likeness (QED) is 0.698. The molecule has 0 saturated heterocycles. The van der Waals surface area contributed by atoms with E-state index in [1.165, 1.54) is 56.7 Å². The molecule has 4 aliphatic carbocycles. The summed E-state index contributed by atoms with van der Waals surface area (Å²) >= 11 is 6.16. The Kier molecular flexibility index (Phi) is 4.90. The van der Waals surface area contributed by atoms with Gasteiger partial charge in [0.05, 0.1) is 22.8 Å². The molecule has 4 bridgehead atoms. The van der Waals surface area contributed by atoms with Crippen LogP contribution in [0.25, 0.3) is 0 Å². The van der Waals surface area contributed by atoms with E-state index in [1.807, 2.05) is 0 Å². The lowest BCUT2D eigenvalue weighted by molar-refractivity contribution is -0.0444. The van der Waals surface area contributed by atoms with E-state index in [2.05, 4.69) is 15.3 Å². The molecule has 4 saturated carbocycles. The van der Waals surface area contributed by atoms with Crippen molar-refractivity contribution < 1.29 is 9.18 Å². The minimum atomic E-state index is -0.464. The predicted molar refractivity (Wildman–Crippen MR) is 121 cm³/mol. The van der Waals surface area contributed by atoms with E-state index >= 15 is 0 Å². The van der Waals surface area contributed by atoms with Gasteiger partial charge >= 0.3 is 0 Å². The lowest BCUT2D eigenvalue weighted by Crippen LogP contribution is -2.49. The van der Waals surface area contributed by atoms with Crippen molar-refractivity contribution in [3.8, 4) is 0 Å². The number of hydrogen-bond donors (Lipinski definition) is 1. The van der Waals surface area contributed by atoms with Gasteiger partial charge in [0.15, 0.2) is 0 Å².